The SMILES string of the molecule is CC(=O)c1nn(C)c(-c2ccc(CC(C)C)cc2)c1O. The monoisotopic (exact) mass is 272 g/mol. The van der Waals surface area contributed by atoms with Gasteiger partial charge in [0.15, 0.2) is 17.2 Å². The molecular formula is C16H20N2O2. The molecule has 0 radical (unpaired) electrons. The van der Waals surface area contributed by atoms with Crippen LogP contribution in [0.5, 0.6) is 5.75 Å². The predicted molar refractivity (Wildman–Crippen MR) is 78.9 cm³/mol. The number of nitrogens with zero attached hydrogens (tertiary/aromatic N) is 2. The van der Waals surface area contributed by atoms with Gasteiger partial charge in [-0.2, -0.15) is 5.10 Å². The fourth-order valence-corrected chi connectivity index (χ4v) is 2.34. The van der Waals surface area contributed by atoms with Crippen molar-refractivity contribution < 1.29 is 9.90 Å². The third-order valence-corrected chi connectivity index (χ3v) is 3.23. The number of Topliss-reactive ketones (excluding diaryl/α,β-unsaturated/α-hetero) is 1. The Morgan fingerprint density at radius 1 is 1.30 bits per heavy atom. The van der Waals surface area contributed by atoms with Gasteiger partial charge in [-0.1, -0.05) is 38.1 Å². The van der Waals surface area contributed by atoms with Gasteiger partial charge in [0.05, 0.1) is 0 Å². The van der Waals surface area contributed by atoms with Crippen LogP contribution in [0.1, 0.15) is 36.8 Å². The first-order chi connectivity index (χ1) is 9.40. The third kappa shape index (κ3) is 2.74. The number of rotatable bonds is 4. The Kier molecular flexibility index (Phi) is 3.93. The maximum atomic E-state index is 11.4. The lowest BCUT2D eigenvalue weighted by Crippen LogP contribution is -1.97. The molecule has 0 aliphatic heterocycles. The summed E-state index contributed by atoms with van der Waals surface area (Å²) in [5.74, 6) is 0.327. The molecule has 0 saturated heterocycles. The van der Waals surface area contributed by atoms with Crippen LogP contribution in [0.4, 0.5) is 0 Å². The van der Waals surface area contributed by atoms with E-state index in [1.54, 1.807) is 11.7 Å². The number of carbonyl (C=O) groups excluding carboxylic acids is 1. The molecule has 106 valence electrons. The van der Waals surface area contributed by atoms with Crippen molar-refractivity contribution in [2.45, 2.75) is 27.2 Å². The van der Waals surface area contributed by atoms with Gasteiger partial charge in [0.25, 0.3) is 0 Å². The Bertz CT molecular complexity index is 625. The summed E-state index contributed by atoms with van der Waals surface area (Å²) in [6.45, 7) is 5.76. The van der Waals surface area contributed by atoms with Crippen molar-refractivity contribution in [3.05, 3.63) is 35.5 Å². The first kappa shape index (κ1) is 14.3. The molecule has 0 amide bonds. The van der Waals surface area contributed by atoms with Gasteiger partial charge in [-0.05, 0) is 17.9 Å². The summed E-state index contributed by atoms with van der Waals surface area (Å²) in [6, 6.07) is 8.02. The highest BCUT2D eigenvalue weighted by Crippen LogP contribution is 2.32. The molecule has 1 aromatic carbocycles. The van der Waals surface area contributed by atoms with Crippen molar-refractivity contribution in [1.29, 1.82) is 0 Å². The Morgan fingerprint density at radius 3 is 2.35 bits per heavy atom. The molecule has 0 fully saturated rings. The van der Waals surface area contributed by atoms with Gasteiger partial charge >= 0.3 is 0 Å². The van der Waals surface area contributed by atoms with E-state index in [-0.39, 0.29) is 17.2 Å². The molecule has 0 saturated carbocycles. The van der Waals surface area contributed by atoms with Crippen molar-refractivity contribution in [1.82, 2.24) is 9.78 Å². The molecule has 1 aromatic heterocycles. The van der Waals surface area contributed by atoms with Crippen molar-refractivity contribution in [2.24, 2.45) is 13.0 Å². The van der Waals surface area contributed by atoms with Crippen LogP contribution in [-0.4, -0.2) is 20.7 Å². The van der Waals surface area contributed by atoms with Crippen LogP contribution < -0.4 is 0 Å². The summed E-state index contributed by atoms with van der Waals surface area (Å²) in [5, 5.41) is 14.2. The number of hydrogen-bond acceptors (Lipinski definition) is 3. The first-order valence-electron chi connectivity index (χ1n) is 6.76. The summed E-state index contributed by atoms with van der Waals surface area (Å²) in [5.41, 5.74) is 2.81. The molecule has 1 N–H and O–H groups in total. The van der Waals surface area contributed by atoms with Crippen molar-refractivity contribution >= 4 is 5.78 Å². The van der Waals surface area contributed by atoms with E-state index in [0.717, 1.165) is 12.0 Å². The zero-order chi connectivity index (χ0) is 14.9. The maximum absolute atomic E-state index is 11.4. The van der Waals surface area contributed by atoms with Crippen molar-refractivity contribution in [3.8, 4) is 17.0 Å². The second-order valence-corrected chi connectivity index (χ2v) is 5.52. The normalized spacial score (nSPS) is 11.1. The fourth-order valence-electron chi connectivity index (χ4n) is 2.34. The van der Waals surface area contributed by atoms with Crippen molar-refractivity contribution in [3.63, 3.8) is 0 Å². The van der Waals surface area contributed by atoms with E-state index in [0.29, 0.717) is 11.6 Å². The molecule has 0 unspecified atom stereocenters. The summed E-state index contributed by atoms with van der Waals surface area (Å²) in [4.78, 5) is 11.4. The molecule has 2 aromatic rings. The molecule has 0 atom stereocenters. The van der Waals surface area contributed by atoms with E-state index in [2.05, 4.69) is 31.1 Å². The topological polar surface area (TPSA) is 55.1 Å². The Hall–Kier alpha value is -2.10. The van der Waals surface area contributed by atoms with Crippen LogP contribution in [0, 0.1) is 5.92 Å². The van der Waals surface area contributed by atoms with Crippen LogP contribution in [-0.2, 0) is 13.5 Å². The van der Waals surface area contributed by atoms with Gasteiger partial charge < -0.3 is 5.11 Å². The first-order valence-corrected chi connectivity index (χ1v) is 6.76. The molecule has 1 heterocycles. The van der Waals surface area contributed by atoms with Gasteiger partial charge in [-0.3, -0.25) is 9.48 Å². The minimum Gasteiger partial charge on any atom is -0.504 e. The molecule has 0 spiro atoms. The van der Waals surface area contributed by atoms with Crippen LogP contribution in [0.25, 0.3) is 11.3 Å². The number of benzene rings is 1. The van der Waals surface area contributed by atoms with Crippen LogP contribution in [0.15, 0.2) is 24.3 Å². The molecule has 0 bridgehead atoms. The molecule has 4 nitrogen and oxygen atoms in total. The summed E-state index contributed by atoms with van der Waals surface area (Å²) in [6.07, 6.45) is 1.02. The number of aromatic hydroxyl groups is 1. The molecule has 0 aliphatic rings. The van der Waals surface area contributed by atoms with Gasteiger partial charge in [-0.25, -0.2) is 0 Å². The zero-order valence-corrected chi connectivity index (χ0v) is 12.3. The maximum Gasteiger partial charge on any atom is 0.183 e. The van der Waals surface area contributed by atoms with E-state index in [9.17, 15) is 9.90 Å². The summed E-state index contributed by atoms with van der Waals surface area (Å²) >= 11 is 0. The second-order valence-electron chi connectivity index (χ2n) is 5.52. The highest BCUT2D eigenvalue weighted by molar-refractivity contribution is 5.97. The molecular weight excluding hydrogens is 252 g/mol. The molecule has 2 rings (SSSR count). The quantitative estimate of drug-likeness (QED) is 0.870. The molecule has 20 heavy (non-hydrogen) atoms. The minimum atomic E-state index is -0.235. The average molecular weight is 272 g/mol. The second kappa shape index (κ2) is 5.49. The lowest BCUT2D eigenvalue weighted by Gasteiger charge is -2.07. The number of carbonyl (C=O) groups is 1. The number of hydrogen-bond donors (Lipinski definition) is 1. The summed E-state index contributed by atoms with van der Waals surface area (Å²) < 4.78 is 1.55. The van der Waals surface area contributed by atoms with Crippen LogP contribution >= 0.6 is 0 Å². The highest BCUT2D eigenvalue weighted by Gasteiger charge is 2.19. The smallest absolute Gasteiger partial charge is 0.183 e. The van der Waals surface area contributed by atoms with E-state index >= 15 is 0 Å². The van der Waals surface area contributed by atoms with Gasteiger partial charge in [0.1, 0.15) is 5.69 Å². The number of ketones is 1. The Morgan fingerprint density at radius 2 is 1.90 bits per heavy atom. The van der Waals surface area contributed by atoms with E-state index in [4.69, 9.17) is 0 Å². The Balaban J connectivity index is 2.39. The van der Waals surface area contributed by atoms with E-state index in [1.165, 1.54) is 12.5 Å². The van der Waals surface area contributed by atoms with Crippen LogP contribution in [0.2, 0.25) is 0 Å². The molecule has 4 heteroatoms. The number of aryl methyl sites for hydroxylation is 1. The summed E-state index contributed by atoms with van der Waals surface area (Å²) in [7, 11) is 1.73. The van der Waals surface area contributed by atoms with Gasteiger partial charge in [-0.15, -0.1) is 0 Å². The zero-order valence-electron chi connectivity index (χ0n) is 12.3. The number of aromatic nitrogens is 2. The largest absolute Gasteiger partial charge is 0.504 e. The third-order valence-electron chi connectivity index (χ3n) is 3.23. The highest BCUT2D eigenvalue weighted by atomic mass is 16.3. The fraction of sp³-hybridized carbons (Fsp3) is 0.375. The predicted octanol–water partition coefficient (Wildman–Crippen LogP) is 3.19. The van der Waals surface area contributed by atoms with E-state index in [1.807, 2.05) is 12.1 Å². The van der Waals surface area contributed by atoms with Gasteiger partial charge in [0, 0.05) is 19.5 Å². The van der Waals surface area contributed by atoms with Gasteiger partial charge in [0.2, 0.25) is 0 Å². The van der Waals surface area contributed by atoms with Crippen LogP contribution in [0.3, 0.4) is 0 Å². The average Bonchev–Trinajstić information content (AvgIpc) is 2.66. The lowest BCUT2D eigenvalue weighted by molar-refractivity contribution is 0.101. The van der Waals surface area contributed by atoms with E-state index < -0.39 is 0 Å². The molecule has 0 aliphatic carbocycles. The van der Waals surface area contributed by atoms with Crippen molar-refractivity contribution in [2.75, 3.05) is 0 Å². The standard InChI is InChI=1S/C16H20N2O2/c1-10(2)9-12-5-7-13(8-6-12)15-16(20)14(11(3)19)17-18(15)4/h5-8,10,20H,9H2,1-4H3. The minimum absolute atomic E-state index is 0.0448. The Labute approximate surface area is 119 Å². The lowest BCUT2D eigenvalue weighted by atomic mass is 10.0.